The zero-order valence-electron chi connectivity index (χ0n) is 9.43. The molecule has 0 aromatic carbocycles. The second-order valence-electron chi connectivity index (χ2n) is 4.17. The molecule has 1 aliphatic carbocycles. The maximum atomic E-state index is 7.24. The highest BCUT2D eigenvalue weighted by molar-refractivity contribution is 5.76. The van der Waals surface area contributed by atoms with Gasteiger partial charge in [0.25, 0.3) is 0 Å². The standard InChI is InChI=1S/C9H17N7/c1-15-13-9(12-14-15)6-16(7-2-3-7)5-4-8(10)11/h7H,2-6H2,1H3,(H3,10,11). The molecule has 0 amide bonds. The Kier molecular flexibility index (Phi) is 3.14. The summed E-state index contributed by atoms with van der Waals surface area (Å²) in [6, 6.07) is 0.614. The number of hydrogen-bond acceptors (Lipinski definition) is 5. The summed E-state index contributed by atoms with van der Waals surface area (Å²) in [7, 11) is 1.76. The Morgan fingerprint density at radius 2 is 2.38 bits per heavy atom. The summed E-state index contributed by atoms with van der Waals surface area (Å²) in [4.78, 5) is 3.74. The highest BCUT2D eigenvalue weighted by Crippen LogP contribution is 2.27. The number of rotatable bonds is 6. The summed E-state index contributed by atoms with van der Waals surface area (Å²) in [5, 5.41) is 19.2. The Hall–Kier alpha value is -1.50. The van der Waals surface area contributed by atoms with E-state index < -0.39 is 0 Å². The fourth-order valence-electron chi connectivity index (χ4n) is 1.66. The van der Waals surface area contributed by atoms with Crippen LogP contribution in [0, 0.1) is 5.41 Å². The molecule has 1 aromatic heterocycles. The van der Waals surface area contributed by atoms with Crippen LogP contribution in [-0.4, -0.2) is 43.5 Å². The quantitative estimate of drug-likeness (QED) is 0.500. The van der Waals surface area contributed by atoms with E-state index >= 15 is 0 Å². The predicted octanol–water partition coefficient (Wildman–Crippen LogP) is -0.499. The number of amidine groups is 1. The third kappa shape index (κ3) is 2.99. The van der Waals surface area contributed by atoms with Gasteiger partial charge in [-0.15, -0.1) is 10.2 Å². The third-order valence-electron chi connectivity index (χ3n) is 2.63. The van der Waals surface area contributed by atoms with Crippen molar-refractivity contribution in [3.63, 3.8) is 0 Å². The summed E-state index contributed by atoms with van der Waals surface area (Å²) in [5.74, 6) is 0.968. The van der Waals surface area contributed by atoms with Gasteiger partial charge in [-0.3, -0.25) is 10.3 Å². The molecule has 7 heteroatoms. The van der Waals surface area contributed by atoms with Crippen molar-refractivity contribution >= 4 is 5.84 Å². The number of hydrogen-bond donors (Lipinski definition) is 2. The number of tetrazole rings is 1. The first-order valence-electron chi connectivity index (χ1n) is 5.45. The Labute approximate surface area is 94.1 Å². The van der Waals surface area contributed by atoms with E-state index in [4.69, 9.17) is 11.1 Å². The van der Waals surface area contributed by atoms with E-state index in [9.17, 15) is 0 Å². The summed E-state index contributed by atoms with van der Waals surface area (Å²) < 4.78 is 0. The van der Waals surface area contributed by atoms with Gasteiger partial charge in [-0.2, -0.15) is 4.80 Å². The Morgan fingerprint density at radius 3 is 2.88 bits per heavy atom. The van der Waals surface area contributed by atoms with Crippen LogP contribution < -0.4 is 5.73 Å². The van der Waals surface area contributed by atoms with E-state index in [1.165, 1.54) is 17.6 Å². The topological polar surface area (TPSA) is 96.7 Å². The Balaban J connectivity index is 1.89. The molecule has 1 saturated carbocycles. The number of nitrogens with one attached hydrogen (secondary N) is 1. The molecule has 1 aliphatic rings. The van der Waals surface area contributed by atoms with Crippen molar-refractivity contribution in [3.05, 3.63) is 5.82 Å². The molecule has 0 unspecified atom stereocenters. The minimum atomic E-state index is 0.234. The lowest BCUT2D eigenvalue weighted by Gasteiger charge is -2.19. The van der Waals surface area contributed by atoms with Gasteiger partial charge in [0.1, 0.15) is 0 Å². The molecule has 0 saturated heterocycles. The molecular weight excluding hydrogens is 206 g/mol. The van der Waals surface area contributed by atoms with E-state index in [1.54, 1.807) is 7.05 Å². The van der Waals surface area contributed by atoms with Crippen LogP contribution in [-0.2, 0) is 13.6 Å². The fourth-order valence-corrected chi connectivity index (χ4v) is 1.66. The number of nitrogens with zero attached hydrogens (tertiary/aromatic N) is 5. The lowest BCUT2D eigenvalue weighted by molar-refractivity contribution is 0.255. The second kappa shape index (κ2) is 4.56. The lowest BCUT2D eigenvalue weighted by Crippen LogP contribution is -2.30. The van der Waals surface area contributed by atoms with E-state index in [1.807, 2.05) is 0 Å². The van der Waals surface area contributed by atoms with Crippen LogP contribution >= 0.6 is 0 Å². The second-order valence-corrected chi connectivity index (χ2v) is 4.17. The van der Waals surface area contributed by atoms with Crippen molar-refractivity contribution in [1.82, 2.24) is 25.1 Å². The largest absolute Gasteiger partial charge is 0.388 e. The predicted molar refractivity (Wildman–Crippen MR) is 58.8 cm³/mol. The minimum Gasteiger partial charge on any atom is -0.388 e. The van der Waals surface area contributed by atoms with Gasteiger partial charge in [0, 0.05) is 19.0 Å². The highest BCUT2D eigenvalue weighted by Gasteiger charge is 2.29. The van der Waals surface area contributed by atoms with Crippen LogP contribution in [0.2, 0.25) is 0 Å². The van der Waals surface area contributed by atoms with Crippen molar-refractivity contribution in [3.8, 4) is 0 Å². The molecule has 0 atom stereocenters. The van der Waals surface area contributed by atoms with Gasteiger partial charge in [0.2, 0.25) is 0 Å². The van der Waals surface area contributed by atoms with Gasteiger partial charge in [-0.05, 0) is 18.1 Å². The molecular formula is C9H17N7. The van der Waals surface area contributed by atoms with Crippen molar-refractivity contribution in [2.45, 2.75) is 31.8 Å². The molecule has 7 nitrogen and oxygen atoms in total. The molecule has 0 bridgehead atoms. The van der Waals surface area contributed by atoms with Gasteiger partial charge >= 0.3 is 0 Å². The zero-order chi connectivity index (χ0) is 11.5. The SMILES string of the molecule is Cn1nnc(CN(CCC(=N)N)C2CC2)n1. The summed E-state index contributed by atoms with van der Waals surface area (Å²) in [5.41, 5.74) is 5.37. The number of aryl methyl sites for hydroxylation is 1. The van der Waals surface area contributed by atoms with E-state index in [0.717, 1.165) is 12.4 Å². The smallest absolute Gasteiger partial charge is 0.188 e. The molecule has 1 heterocycles. The third-order valence-corrected chi connectivity index (χ3v) is 2.63. The molecule has 0 radical (unpaired) electrons. The fraction of sp³-hybridized carbons (Fsp3) is 0.778. The van der Waals surface area contributed by atoms with E-state index in [-0.39, 0.29) is 5.84 Å². The maximum absolute atomic E-state index is 7.24. The van der Waals surface area contributed by atoms with Crippen molar-refractivity contribution in [1.29, 1.82) is 5.41 Å². The van der Waals surface area contributed by atoms with Gasteiger partial charge in [-0.1, -0.05) is 0 Å². The molecule has 1 aromatic rings. The van der Waals surface area contributed by atoms with Gasteiger partial charge < -0.3 is 5.73 Å². The summed E-state index contributed by atoms with van der Waals surface area (Å²) >= 11 is 0. The lowest BCUT2D eigenvalue weighted by atomic mass is 10.3. The van der Waals surface area contributed by atoms with E-state index in [2.05, 4.69) is 20.3 Å². The van der Waals surface area contributed by atoms with E-state index in [0.29, 0.717) is 19.0 Å². The van der Waals surface area contributed by atoms with Crippen LogP contribution in [0.1, 0.15) is 25.1 Å². The maximum Gasteiger partial charge on any atom is 0.188 e. The van der Waals surface area contributed by atoms with Crippen molar-refractivity contribution < 1.29 is 0 Å². The zero-order valence-corrected chi connectivity index (χ0v) is 9.43. The molecule has 16 heavy (non-hydrogen) atoms. The van der Waals surface area contributed by atoms with Gasteiger partial charge in [-0.25, -0.2) is 0 Å². The Morgan fingerprint density at radius 1 is 1.62 bits per heavy atom. The van der Waals surface area contributed by atoms with Crippen LogP contribution in [0.5, 0.6) is 0 Å². The average molecular weight is 223 g/mol. The first kappa shape index (κ1) is 11.0. The Bertz CT molecular complexity index is 368. The monoisotopic (exact) mass is 223 g/mol. The first-order valence-corrected chi connectivity index (χ1v) is 5.45. The average Bonchev–Trinajstić information content (AvgIpc) is 2.98. The normalized spacial score (nSPS) is 15.6. The molecule has 1 fully saturated rings. The molecule has 3 N–H and O–H groups in total. The molecule has 0 aliphatic heterocycles. The summed E-state index contributed by atoms with van der Waals surface area (Å²) in [6.07, 6.45) is 3.05. The van der Waals surface area contributed by atoms with Gasteiger partial charge in [0.05, 0.1) is 19.4 Å². The van der Waals surface area contributed by atoms with Crippen LogP contribution in [0.25, 0.3) is 0 Å². The van der Waals surface area contributed by atoms with Crippen LogP contribution in [0.3, 0.4) is 0 Å². The minimum absolute atomic E-state index is 0.234. The van der Waals surface area contributed by atoms with Crippen LogP contribution in [0.15, 0.2) is 0 Å². The molecule has 0 spiro atoms. The number of nitrogens with two attached hydrogens (primary N) is 1. The number of aromatic nitrogens is 4. The van der Waals surface area contributed by atoms with Crippen molar-refractivity contribution in [2.24, 2.45) is 12.8 Å². The first-order chi connectivity index (χ1) is 7.65. The molecule has 88 valence electrons. The van der Waals surface area contributed by atoms with Crippen LogP contribution in [0.4, 0.5) is 0 Å². The summed E-state index contributed by atoms with van der Waals surface area (Å²) in [6.45, 7) is 1.50. The van der Waals surface area contributed by atoms with Crippen molar-refractivity contribution in [2.75, 3.05) is 6.54 Å². The highest BCUT2D eigenvalue weighted by atomic mass is 15.6. The van der Waals surface area contributed by atoms with Gasteiger partial charge in [0.15, 0.2) is 5.82 Å². The molecule has 2 rings (SSSR count).